The Morgan fingerprint density at radius 2 is 2.12 bits per heavy atom. The summed E-state index contributed by atoms with van der Waals surface area (Å²) in [6.07, 6.45) is 5.23. The van der Waals surface area contributed by atoms with Crippen LogP contribution < -0.4 is 11.1 Å². The maximum absolute atomic E-state index is 5.99. The minimum atomic E-state index is 0.238. The fourth-order valence-electron chi connectivity index (χ4n) is 2.40. The smallest absolute Gasteiger partial charge is 0.0447 e. The number of hydrogen-bond acceptors (Lipinski definition) is 2. The maximum Gasteiger partial charge on any atom is 0.0447 e. The van der Waals surface area contributed by atoms with E-state index >= 15 is 0 Å². The van der Waals surface area contributed by atoms with Crippen molar-refractivity contribution in [3.05, 3.63) is 34.9 Å². The molecule has 1 fully saturated rings. The van der Waals surface area contributed by atoms with Crippen LogP contribution in [0, 0.1) is 0 Å². The highest BCUT2D eigenvalue weighted by molar-refractivity contribution is 6.30. The van der Waals surface area contributed by atoms with Gasteiger partial charge >= 0.3 is 0 Å². The number of hydrogen-bond donors (Lipinski definition) is 2. The lowest BCUT2D eigenvalue weighted by molar-refractivity contribution is 0.444. The van der Waals surface area contributed by atoms with Crippen LogP contribution in [0.15, 0.2) is 24.3 Å². The third-order valence-electron chi connectivity index (χ3n) is 3.28. The van der Waals surface area contributed by atoms with Crippen LogP contribution in [-0.2, 0) is 0 Å². The van der Waals surface area contributed by atoms with Gasteiger partial charge in [0.2, 0.25) is 0 Å². The predicted molar refractivity (Wildman–Crippen MR) is 68.6 cm³/mol. The quantitative estimate of drug-likeness (QED) is 0.847. The SMILES string of the molecule is NCC(NC1CCCC1)c1cccc(Cl)c1. The van der Waals surface area contributed by atoms with E-state index in [4.69, 9.17) is 17.3 Å². The molecule has 2 nitrogen and oxygen atoms in total. The molecule has 3 heteroatoms. The van der Waals surface area contributed by atoms with Gasteiger partial charge < -0.3 is 11.1 Å². The Morgan fingerprint density at radius 1 is 1.38 bits per heavy atom. The molecule has 0 spiro atoms. The number of nitrogens with one attached hydrogen (secondary N) is 1. The second-order valence-electron chi connectivity index (χ2n) is 4.49. The van der Waals surface area contributed by atoms with E-state index < -0.39 is 0 Å². The summed E-state index contributed by atoms with van der Waals surface area (Å²) in [7, 11) is 0. The van der Waals surface area contributed by atoms with Gasteiger partial charge in [0.1, 0.15) is 0 Å². The van der Waals surface area contributed by atoms with E-state index in [-0.39, 0.29) is 6.04 Å². The highest BCUT2D eigenvalue weighted by Crippen LogP contribution is 2.23. The summed E-state index contributed by atoms with van der Waals surface area (Å²) in [5.41, 5.74) is 7.02. The van der Waals surface area contributed by atoms with Crippen LogP contribution in [0.1, 0.15) is 37.3 Å². The highest BCUT2D eigenvalue weighted by Gasteiger charge is 2.19. The highest BCUT2D eigenvalue weighted by atomic mass is 35.5. The van der Waals surface area contributed by atoms with Crippen molar-refractivity contribution in [2.75, 3.05) is 6.54 Å². The van der Waals surface area contributed by atoms with Gasteiger partial charge in [-0.1, -0.05) is 36.6 Å². The molecule has 88 valence electrons. The number of halogens is 1. The number of benzene rings is 1. The molecular weight excluding hydrogens is 220 g/mol. The van der Waals surface area contributed by atoms with Crippen molar-refractivity contribution in [2.45, 2.75) is 37.8 Å². The Labute approximate surface area is 102 Å². The molecule has 1 aromatic rings. The van der Waals surface area contributed by atoms with Gasteiger partial charge in [-0.05, 0) is 30.5 Å². The molecule has 0 aromatic heterocycles. The summed E-state index contributed by atoms with van der Waals surface area (Å²) in [5, 5.41) is 4.41. The molecule has 0 heterocycles. The van der Waals surface area contributed by atoms with Crippen molar-refractivity contribution < 1.29 is 0 Å². The Morgan fingerprint density at radius 3 is 2.75 bits per heavy atom. The Kier molecular flexibility index (Phi) is 4.22. The summed E-state index contributed by atoms with van der Waals surface area (Å²) in [4.78, 5) is 0. The van der Waals surface area contributed by atoms with Gasteiger partial charge in [-0.15, -0.1) is 0 Å². The zero-order chi connectivity index (χ0) is 11.4. The average Bonchev–Trinajstić information content (AvgIpc) is 2.78. The largest absolute Gasteiger partial charge is 0.329 e. The van der Waals surface area contributed by atoms with Gasteiger partial charge in [-0.25, -0.2) is 0 Å². The maximum atomic E-state index is 5.99. The van der Waals surface area contributed by atoms with Gasteiger partial charge in [-0.3, -0.25) is 0 Å². The monoisotopic (exact) mass is 238 g/mol. The average molecular weight is 239 g/mol. The van der Waals surface area contributed by atoms with Gasteiger partial charge in [0.25, 0.3) is 0 Å². The normalized spacial score (nSPS) is 18.9. The first-order valence-electron chi connectivity index (χ1n) is 6.01. The Hall–Kier alpha value is -0.570. The van der Waals surface area contributed by atoms with Crippen molar-refractivity contribution in [2.24, 2.45) is 5.73 Å². The molecule has 0 bridgehead atoms. The van der Waals surface area contributed by atoms with Gasteiger partial charge in [0, 0.05) is 23.7 Å². The first kappa shape index (κ1) is 11.9. The summed E-state index contributed by atoms with van der Waals surface area (Å²) >= 11 is 5.99. The zero-order valence-electron chi connectivity index (χ0n) is 9.45. The van der Waals surface area contributed by atoms with E-state index in [1.54, 1.807) is 0 Å². The molecule has 16 heavy (non-hydrogen) atoms. The minimum absolute atomic E-state index is 0.238. The molecule has 3 N–H and O–H groups in total. The van der Waals surface area contributed by atoms with Crippen molar-refractivity contribution >= 4 is 11.6 Å². The molecule has 0 radical (unpaired) electrons. The van der Waals surface area contributed by atoms with Crippen LogP contribution in [0.3, 0.4) is 0 Å². The summed E-state index contributed by atoms with van der Waals surface area (Å²) in [6.45, 7) is 0.622. The number of rotatable bonds is 4. The van der Waals surface area contributed by atoms with Gasteiger partial charge in [0.05, 0.1) is 0 Å². The van der Waals surface area contributed by atoms with Crippen molar-refractivity contribution in [1.29, 1.82) is 0 Å². The number of nitrogens with two attached hydrogens (primary N) is 1. The molecule has 1 unspecified atom stereocenters. The first-order valence-corrected chi connectivity index (χ1v) is 6.39. The molecule has 0 aliphatic heterocycles. The molecule has 2 rings (SSSR count). The minimum Gasteiger partial charge on any atom is -0.329 e. The molecular formula is C13H19ClN2. The zero-order valence-corrected chi connectivity index (χ0v) is 10.2. The lowest BCUT2D eigenvalue weighted by atomic mass is 10.1. The second kappa shape index (κ2) is 5.67. The molecule has 0 saturated heterocycles. The van der Waals surface area contributed by atoms with Crippen LogP contribution in [0.4, 0.5) is 0 Å². The van der Waals surface area contributed by atoms with Crippen LogP contribution in [-0.4, -0.2) is 12.6 Å². The van der Waals surface area contributed by atoms with Crippen LogP contribution in [0.25, 0.3) is 0 Å². The Balaban J connectivity index is 2.03. The summed E-state index contributed by atoms with van der Waals surface area (Å²) < 4.78 is 0. The lowest BCUT2D eigenvalue weighted by Gasteiger charge is -2.22. The fourth-order valence-corrected chi connectivity index (χ4v) is 2.60. The third-order valence-corrected chi connectivity index (χ3v) is 3.51. The Bertz CT molecular complexity index is 334. The molecule has 1 aliphatic carbocycles. The summed E-state index contributed by atoms with van der Waals surface area (Å²) in [5.74, 6) is 0. The standard InChI is InChI=1S/C13H19ClN2/c14-11-5-3-4-10(8-11)13(9-15)16-12-6-1-2-7-12/h3-5,8,12-13,16H,1-2,6-7,9,15H2. The topological polar surface area (TPSA) is 38.0 Å². The van der Waals surface area contributed by atoms with Crippen LogP contribution in [0.5, 0.6) is 0 Å². The molecule has 1 aromatic carbocycles. The van der Waals surface area contributed by atoms with E-state index in [1.165, 1.54) is 31.2 Å². The molecule has 1 saturated carbocycles. The molecule has 1 aliphatic rings. The van der Waals surface area contributed by atoms with E-state index in [0.29, 0.717) is 12.6 Å². The van der Waals surface area contributed by atoms with E-state index in [1.807, 2.05) is 18.2 Å². The van der Waals surface area contributed by atoms with Crippen LogP contribution >= 0.6 is 11.6 Å². The summed E-state index contributed by atoms with van der Waals surface area (Å²) in [6, 6.07) is 8.84. The van der Waals surface area contributed by atoms with Crippen LogP contribution in [0.2, 0.25) is 5.02 Å². The van der Waals surface area contributed by atoms with E-state index in [9.17, 15) is 0 Å². The second-order valence-corrected chi connectivity index (χ2v) is 4.93. The van der Waals surface area contributed by atoms with Crippen molar-refractivity contribution in [3.63, 3.8) is 0 Å². The van der Waals surface area contributed by atoms with Crippen molar-refractivity contribution in [3.8, 4) is 0 Å². The first-order chi connectivity index (χ1) is 7.79. The lowest BCUT2D eigenvalue weighted by Crippen LogP contribution is -2.35. The predicted octanol–water partition coefficient (Wildman–Crippen LogP) is 2.87. The third kappa shape index (κ3) is 2.97. The van der Waals surface area contributed by atoms with E-state index in [2.05, 4.69) is 11.4 Å². The van der Waals surface area contributed by atoms with Crippen molar-refractivity contribution in [1.82, 2.24) is 5.32 Å². The fraction of sp³-hybridized carbons (Fsp3) is 0.538. The van der Waals surface area contributed by atoms with Gasteiger partial charge in [-0.2, -0.15) is 0 Å². The molecule has 1 atom stereocenters. The molecule has 0 amide bonds. The van der Waals surface area contributed by atoms with Gasteiger partial charge in [0.15, 0.2) is 0 Å². The van der Waals surface area contributed by atoms with E-state index in [0.717, 1.165) is 5.02 Å².